The van der Waals surface area contributed by atoms with E-state index in [1.54, 1.807) is 7.11 Å². The van der Waals surface area contributed by atoms with E-state index in [0.29, 0.717) is 5.92 Å². The minimum Gasteiger partial charge on any atom is -0.375 e. The Morgan fingerprint density at radius 2 is 2.00 bits per heavy atom. The van der Waals surface area contributed by atoms with Crippen LogP contribution in [0.5, 0.6) is 0 Å². The van der Waals surface area contributed by atoms with Gasteiger partial charge in [-0.15, -0.1) is 0 Å². The zero-order valence-corrected chi connectivity index (χ0v) is 6.90. The molecule has 0 saturated heterocycles. The molecule has 0 fully saturated rings. The van der Waals surface area contributed by atoms with Gasteiger partial charge >= 0.3 is 0 Å². The molecule has 1 nitrogen and oxygen atoms in total. The lowest BCUT2D eigenvalue weighted by molar-refractivity contribution is 0.157. The predicted molar refractivity (Wildman–Crippen MR) is 40.0 cm³/mol. The van der Waals surface area contributed by atoms with Gasteiger partial charge in [0, 0.05) is 7.11 Å². The molecule has 0 aliphatic heterocycles. The fourth-order valence-corrected chi connectivity index (χ4v) is 0.873. The molecule has 0 bridgehead atoms. The highest BCUT2D eigenvalue weighted by Crippen LogP contribution is 2.19. The molecule has 0 atom stereocenters. The van der Waals surface area contributed by atoms with Crippen LogP contribution in [0.4, 0.5) is 0 Å². The summed E-state index contributed by atoms with van der Waals surface area (Å²) in [5, 5.41) is 0. The maximum atomic E-state index is 5.17. The highest BCUT2D eigenvalue weighted by atomic mass is 16.5. The third-order valence-electron chi connectivity index (χ3n) is 1.40. The largest absolute Gasteiger partial charge is 0.375 e. The fourth-order valence-electron chi connectivity index (χ4n) is 0.873. The van der Waals surface area contributed by atoms with E-state index < -0.39 is 0 Å². The summed E-state index contributed by atoms with van der Waals surface area (Å²) in [4.78, 5) is 0. The van der Waals surface area contributed by atoms with Crippen LogP contribution in [0.15, 0.2) is 0 Å². The van der Waals surface area contributed by atoms with Crippen LogP contribution < -0.4 is 0 Å². The lowest BCUT2D eigenvalue weighted by atomic mass is 10.0. The Kier molecular flexibility index (Phi) is 4.78. The van der Waals surface area contributed by atoms with Crippen molar-refractivity contribution in [2.45, 2.75) is 33.6 Å². The number of rotatable bonds is 4. The molecule has 55 valence electrons. The first-order chi connectivity index (χ1) is 4.22. The number of hydrogen-bond acceptors (Lipinski definition) is 1. The van der Waals surface area contributed by atoms with Gasteiger partial charge in [0.05, 0.1) is 6.10 Å². The van der Waals surface area contributed by atoms with Gasteiger partial charge in [-0.2, -0.15) is 0 Å². The van der Waals surface area contributed by atoms with Gasteiger partial charge in [0.1, 0.15) is 0 Å². The normalized spacial score (nSPS) is 11.3. The molecule has 0 aliphatic carbocycles. The Labute approximate surface area is 58.4 Å². The van der Waals surface area contributed by atoms with Crippen molar-refractivity contribution in [3.05, 3.63) is 6.10 Å². The summed E-state index contributed by atoms with van der Waals surface area (Å²) in [6.07, 6.45) is 3.51. The molecule has 0 aromatic carbocycles. The minimum absolute atomic E-state index is 0.579. The van der Waals surface area contributed by atoms with Crippen molar-refractivity contribution in [2.24, 2.45) is 5.92 Å². The van der Waals surface area contributed by atoms with Crippen molar-refractivity contribution in [3.8, 4) is 0 Å². The third-order valence-corrected chi connectivity index (χ3v) is 1.40. The van der Waals surface area contributed by atoms with E-state index in [2.05, 4.69) is 20.8 Å². The first-order valence-corrected chi connectivity index (χ1v) is 3.62. The van der Waals surface area contributed by atoms with E-state index in [1.807, 2.05) is 0 Å². The van der Waals surface area contributed by atoms with Gasteiger partial charge in [-0.25, -0.2) is 0 Å². The zero-order chi connectivity index (χ0) is 7.28. The van der Waals surface area contributed by atoms with Gasteiger partial charge in [-0.3, -0.25) is 0 Å². The standard InChI is InChI=1S/C8H17O/c1-5-6-8(9-4)7(2)3/h7H,5-6H2,1-4H3. The van der Waals surface area contributed by atoms with E-state index in [4.69, 9.17) is 4.74 Å². The Balaban J connectivity index is 3.41. The second-order valence-electron chi connectivity index (χ2n) is 2.58. The van der Waals surface area contributed by atoms with Crippen LogP contribution in [0, 0.1) is 12.0 Å². The van der Waals surface area contributed by atoms with Crippen LogP contribution >= 0.6 is 0 Å². The average molecular weight is 129 g/mol. The van der Waals surface area contributed by atoms with Gasteiger partial charge in [0.25, 0.3) is 0 Å². The summed E-state index contributed by atoms with van der Waals surface area (Å²) in [7, 11) is 1.75. The second-order valence-corrected chi connectivity index (χ2v) is 2.58. The summed E-state index contributed by atoms with van der Waals surface area (Å²) in [6.45, 7) is 6.49. The molecule has 0 aromatic heterocycles. The molecule has 0 spiro atoms. The SMILES string of the molecule is CCC[C](OC)C(C)C. The van der Waals surface area contributed by atoms with Crippen molar-refractivity contribution < 1.29 is 4.74 Å². The Hall–Kier alpha value is -0.0400. The molecule has 0 N–H and O–H groups in total. The molecule has 1 radical (unpaired) electrons. The van der Waals surface area contributed by atoms with Crippen LogP contribution in [-0.2, 0) is 4.74 Å². The van der Waals surface area contributed by atoms with Gasteiger partial charge in [-0.05, 0) is 12.3 Å². The van der Waals surface area contributed by atoms with Crippen LogP contribution in [0.1, 0.15) is 33.6 Å². The van der Waals surface area contributed by atoms with Crippen LogP contribution in [0.2, 0.25) is 0 Å². The number of methoxy groups -OCH3 is 1. The summed E-state index contributed by atoms with van der Waals surface area (Å²) in [5.74, 6) is 0.579. The lowest BCUT2D eigenvalue weighted by Gasteiger charge is -2.15. The van der Waals surface area contributed by atoms with Gasteiger partial charge < -0.3 is 4.74 Å². The van der Waals surface area contributed by atoms with E-state index >= 15 is 0 Å². The van der Waals surface area contributed by atoms with Crippen LogP contribution in [0.25, 0.3) is 0 Å². The molecule has 0 rings (SSSR count). The van der Waals surface area contributed by atoms with Crippen LogP contribution in [0.3, 0.4) is 0 Å². The molecule has 0 amide bonds. The summed E-state index contributed by atoms with van der Waals surface area (Å²) >= 11 is 0. The van der Waals surface area contributed by atoms with Crippen molar-refractivity contribution in [3.63, 3.8) is 0 Å². The smallest absolute Gasteiger partial charge is 0.0991 e. The van der Waals surface area contributed by atoms with E-state index in [1.165, 1.54) is 12.5 Å². The molecular weight excluding hydrogens is 112 g/mol. The highest BCUT2D eigenvalue weighted by Gasteiger charge is 2.10. The van der Waals surface area contributed by atoms with Gasteiger partial charge in [0.15, 0.2) is 0 Å². The van der Waals surface area contributed by atoms with Gasteiger partial charge in [0.2, 0.25) is 0 Å². The van der Waals surface area contributed by atoms with Crippen molar-refractivity contribution in [1.29, 1.82) is 0 Å². The van der Waals surface area contributed by atoms with Crippen LogP contribution in [-0.4, -0.2) is 7.11 Å². The van der Waals surface area contributed by atoms with Crippen molar-refractivity contribution in [1.82, 2.24) is 0 Å². The highest BCUT2D eigenvalue weighted by molar-refractivity contribution is 4.80. The fraction of sp³-hybridized carbons (Fsp3) is 0.875. The first kappa shape index (κ1) is 8.96. The Morgan fingerprint density at radius 1 is 1.44 bits per heavy atom. The maximum absolute atomic E-state index is 5.17. The number of ether oxygens (including phenoxy) is 1. The summed E-state index contributed by atoms with van der Waals surface area (Å²) in [5.41, 5.74) is 0. The van der Waals surface area contributed by atoms with Crippen molar-refractivity contribution >= 4 is 0 Å². The van der Waals surface area contributed by atoms with E-state index in [9.17, 15) is 0 Å². The Morgan fingerprint density at radius 3 is 2.11 bits per heavy atom. The average Bonchev–Trinajstić information content (AvgIpc) is 1.82. The lowest BCUT2D eigenvalue weighted by Crippen LogP contribution is -2.07. The molecule has 0 aromatic rings. The summed E-state index contributed by atoms with van der Waals surface area (Å²) in [6, 6.07) is 0. The predicted octanol–water partition coefficient (Wildman–Crippen LogP) is 2.62. The third kappa shape index (κ3) is 3.52. The molecule has 0 aliphatic rings. The van der Waals surface area contributed by atoms with E-state index in [-0.39, 0.29) is 0 Å². The molecule has 0 saturated carbocycles. The van der Waals surface area contributed by atoms with Crippen molar-refractivity contribution in [2.75, 3.05) is 7.11 Å². The molecule has 0 heterocycles. The quantitative estimate of drug-likeness (QED) is 0.567. The zero-order valence-electron chi connectivity index (χ0n) is 6.90. The maximum Gasteiger partial charge on any atom is 0.0991 e. The topological polar surface area (TPSA) is 9.23 Å². The molecule has 1 heteroatoms. The minimum atomic E-state index is 0.579. The molecule has 9 heavy (non-hydrogen) atoms. The monoisotopic (exact) mass is 129 g/mol. The summed E-state index contributed by atoms with van der Waals surface area (Å²) < 4.78 is 5.17. The van der Waals surface area contributed by atoms with Gasteiger partial charge in [-0.1, -0.05) is 27.2 Å². The Bertz CT molecular complexity index is 59.6. The second kappa shape index (κ2) is 4.80. The molecular formula is C8H17O. The number of hydrogen-bond donors (Lipinski definition) is 0. The van der Waals surface area contributed by atoms with E-state index in [0.717, 1.165) is 6.42 Å². The first-order valence-electron chi connectivity index (χ1n) is 3.62. The molecule has 0 unspecified atom stereocenters.